The molecule has 0 radical (unpaired) electrons. The summed E-state index contributed by atoms with van der Waals surface area (Å²) in [5.74, 6) is 0. The molecule has 4 rings (SSSR count). The molecule has 2 aromatic heterocycles. The van der Waals surface area contributed by atoms with E-state index in [0.29, 0.717) is 13.0 Å². The normalized spacial score (nSPS) is 10.8. The fraction of sp³-hybridized carbons (Fsp3) is 0.0500. The van der Waals surface area contributed by atoms with Gasteiger partial charge in [-0.25, -0.2) is 9.97 Å². The van der Waals surface area contributed by atoms with Crippen molar-refractivity contribution in [2.45, 2.75) is 16.3 Å². The number of nitrogens with two attached hydrogens (primary N) is 1. The van der Waals surface area contributed by atoms with Crippen LogP contribution in [0.2, 0.25) is 0 Å². The van der Waals surface area contributed by atoms with Crippen LogP contribution in [0.4, 0.5) is 11.4 Å². The predicted octanol–water partition coefficient (Wildman–Crippen LogP) is 3.78. The Hall–Kier alpha value is -3.32. The number of nitrogens with one attached hydrogen (secondary N) is 1. The van der Waals surface area contributed by atoms with E-state index >= 15 is 0 Å². The van der Waals surface area contributed by atoms with Gasteiger partial charge in [-0.05, 0) is 30.3 Å². The number of rotatable bonds is 6. The summed E-state index contributed by atoms with van der Waals surface area (Å²) < 4.78 is 2.13. The number of amides is 1. The Morgan fingerprint density at radius 1 is 1.11 bits per heavy atom. The van der Waals surface area contributed by atoms with E-state index in [1.807, 2.05) is 42.5 Å². The third-order valence-electron chi connectivity index (χ3n) is 4.18. The smallest absolute Gasteiger partial charge is 0.211 e. The number of aromatic nitrogens is 3. The molecule has 2 aromatic carbocycles. The zero-order chi connectivity index (χ0) is 18.6. The Kier molecular flexibility index (Phi) is 4.76. The van der Waals surface area contributed by atoms with Crippen LogP contribution >= 0.6 is 11.8 Å². The van der Waals surface area contributed by atoms with Crippen molar-refractivity contribution < 1.29 is 4.79 Å². The lowest BCUT2D eigenvalue weighted by atomic mass is 10.2. The second-order valence-electron chi connectivity index (χ2n) is 6.00. The average Bonchev–Trinajstić information content (AvgIpc) is 3.01. The first-order valence-corrected chi connectivity index (χ1v) is 9.15. The number of carbonyl (C=O) groups is 1. The molecule has 27 heavy (non-hydrogen) atoms. The van der Waals surface area contributed by atoms with Gasteiger partial charge in [0, 0.05) is 50.7 Å². The monoisotopic (exact) mass is 375 g/mol. The molecule has 0 unspecified atom stereocenters. The van der Waals surface area contributed by atoms with Crippen molar-refractivity contribution in [3.63, 3.8) is 0 Å². The van der Waals surface area contributed by atoms with Crippen LogP contribution in [-0.2, 0) is 11.3 Å². The molecule has 7 heteroatoms. The molecule has 2 heterocycles. The fourth-order valence-electron chi connectivity index (χ4n) is 2.93. The fourth-order valence-corrected chi connectivity index (χ4v) is 3.96. The number of hydrogen-bond donors (Lipinski definition) is 2. The standard InChI is InChI=1S/C20H17N5OS/c21-17-3-1-2-4-19(17)27-20-11-25(10-14-8-22-12-23-9-14)18-7-15(24-13-26)5-6-16(18)20/h1-9,11-13H,10,21H2,(H,24,26). The maximum atomic E-state index is 10.8. The van der Waals surface area contributed by atoms with Crippen molar-refractivity contribution in [1.82, 2.24) is 14.5 Å². The minimum absolute atomic E-state index is 0.632. The molecule has 0 saturated carbocycles. The first-order chi connectivity index (χ1) is 13.2. The number of hydrogen-bond acceptors (Lipinski definition) is 5. The van der Waals surface area contributed by atoms with Crippen LogP contribution in [0.5, 0.6) is 0 Å². The maximum absolute atomic E-state index is 10.8. The van der Waals surface area contributed by atoms with E-state index < -0.39 is 0 Å². The van der Waals surface area contributed by atoms with Crippen LogP contribution in [-0.4, -0.2) is 20.9 Å². The zero-order valence-corrected chi connectivity index (χ0v) is 15.2. The van der Waals surface area contributed by atoms with Crippen LogP contribution in [0.25, 0.3) is 10.9 Å². The highest BCUT2D eigenvalue weighted by Gasteiger charge is 2.12. The van der Waals surface area contributed by atoms with E-state index in [1.165, 1.54) is 6.33 Å². The van der Waals surface area contributed by atoms with Gasteiger partial charge in [-0.2, -0.15) is 0 Å². The molecule has 0 spiro atoms. The number of para-hydroxylation sites is 1. The topological polar surface area (TPSA) is 85.8 Å². The van der Waals surface area contributed by atoms with E-state index in [2.05, 4.69) is 26.0 Å². The van der Waals surface area contributed by atoms with Crippen molar-refractivity contribution in [2.24, 2.45) is 0 Å². The Balaban J connectivity index is 1.79. The van der Waals surface area contributed by atoms with Gasteiger partial charge in [-0.15, -0.1) is 0 Å². The molecule has 0 bridgehead atoms. The lowest BCUT2D eigenvalue weighted by Gasteiger charge is -2.06. The summed E-state index contributed by atoms with van der Waals surface area (Å²) in [6, 6.07) is 13.7. The molecule has 1 amide bonds. The van der Waals surface area contributed by atoms with E-state index in [1.54, 1.807) is 24.2 Å². The number of carbonyl (C=O) groups excluding carboxylic acids is 1. The molecule has 0 aliphatic heterocycles. The molecule has 6 nitrogen and oxygen atoms in total. The third kappa shape index (κ3) is 3.63. The van der Waals surface area contributed by atoms with Crippen LogP contribution in [0.1, 0.15) is 5.56 Å². The summed E-state index contributed by atoms with van der Waals surface area (Å²) in [6.45, 7) is 0.632. The van der Waals surface area contributed by atoms with Gasteiger partial charge in [0.1, 0.15) is 6.33 Å². The van der Waals surface area contributed by atoms with Crippen LogP contribution < -0.4 is 11.1 Å². The maximum Gasteiger partial charge on any atom is 0.211 e. The van der Waals surface area contributed by atoms with Crippen molar-refractivity contribution in [2.75, 3.05) is 11.1 Å². The largest absolute Gasteiger partial charge is 0.398 e. The zero-order valence-electron chi connectivity index (χ0n) is 14.4. The quantitative estimate of drug-likeness (QED) is 0.396. The summed E-state index contributed by atoms with van der Waals surface area (Å²) in [4.78, 5) is 21.1. The highest BCUT2D eigenvalue weighted by Crippen LogP contribution is 2.38. The Bertz CT molecular complexity index is 1090. The second kappa shape index (κ2) is 7.51. The van der Waals surface area contributed by atoms with Gasteiger partial charge in [-0.1, -0.05) is 23.9 Å². The van der Waals surface area contributed by atoms with E-state index in [-0.39, 0.29) is 0 Å². The molecule has 134 valence electrons. The second-order valence-corrected chi connectivity index (χ2v) is 7.09. The lowest BCUT2D eigenvalue weighted by molar-refractivity contribution is -0.105. The molecule has 0 fully saturated rings. The van der Waals surface area contributed by atoms with Crippen LogP contribution in [0, 0.1) is 0 Å². The van der Waals surface area contributed by atoms with Gasteiger partial charge in [0.15, 0.2) is 0 Å². The Morgan fingerprint density at radius 2 is 1.93 bits per heavy atom. The molecular formula is C20H17N5OS. The number of benzene rings is 2. The van der Waals surface area contributed by atoms with Gasteiger partial charge >= 0.3 is 0 Å². The van der Waals surface area contributed by atoms with E-state index in [0.717, 1.165) is 37.6 Å². The van der Waals surface area contributed by atoms with Gasteiger partial charge in [0.25, 0.3) is 0 Å². The summed E-state index contributed by atoms with van der Waals surface area (Å²) in [5, 5.41) is 3.81. The van der Waals surface area contributed by atoms with Crippen molar-refractivity contribution in [3.8, 4) is 0 Å². The third-order valence-corrected chi connectivity index (χ3v) is 5.31. The first-order valence-electron chi connectivity index (χ1n) is 8.34. The predicted molar refractivity (Wildman–Crippen MR) is 108 cm³/mol. The van der Waals surface area contributed by atoms with Crippen molar-refractivity contribution >= 4 is 40.4 Å². The first kappa shape index (κ1) is 17.1. The molecule has 0 aliphatic carbocycles. The molecule has 4 aromatic rings. The van der Waals surface area contributed by atoms with Gasteiger partial charge in [-0.3, -0.25) is 4.79 Å². The lowest BCUT2D eigenvalue weighted by Crippen LogP contribution is -2.00. The van der Waals surface area contributed by atoms with Gasteiger partial charge < -0.3 is 15.6 Å². The Morgan fingerprint density at radius 3 is 2.70 bits per heavy atom. The highest BCUT2D eigenvalue weighted by molar-refractivity contribution is 7.99. The molecule has 0 aliphatic rings. The summed E-state index contributed by atoms with van der Waals surface area (Å²) in [7, 11) is 0. The minimum atomic E-state index is 0.632. The van der Waals surface area contributed by atoms with Gasteiger partial charge in [0.2, 0.25) is 6.41 Å². The van der Waals surface area contributed by atoms with Crippen molar-refractivity contribution in [3.05, 3.63) is 72.9 Å². The Labute approximate surface area is 160 Å². The number of fused-ring (bicyclic) bond motifs is 1. The molecule has 0 atom stereocenters. The number of nitrogen functional groups attached to an aromatic ring is 1. The molecule has 3 N–H and O–H groups in total. The van der Waals surface area contributed by atoms with Crippen LogP contribution in [0.3, 0.4) is 0 Å². The average molecular weight is 375 g/mol. The summed E-state index contributed by atoms with van der Waals surface area (Å²) in [5.41, 5.74) is 9.63. The molecule has 0 saturated heterocycles. The number of nitrogens with zero attached hydrogens (tertiary/aromatic N) is 3. The van der Waals surface area contributed by atoms with Crippen LogP contribution in [0.15, 0.2) is 77.2 Å². The van der Waals surface area contributed by atoms with Crippen molar-refractivity contribution in [1.29, 1.82) is 0 Å². The van der Waals surface area contributed by atoms with Gasteiger partial charge in [0.05, 0.1) is 12.1 Å². The van der Waals surface area contributed by atoms with E-state index in [9.17, 15) is 4.79 Å². The minimum Gasteiger partial charge on any atom is -0.398 e. The summed E-state index contributed by atoms with van der Waals surface area (Å²) >= 11 is 1.63. The summed E-state index contributed by atoms with van der Waals surface area (Å²) in [6.07, 6.45) is 7.89. The number of anilines is 2. The highest BCUT2D eigenvalue weighted by atomic mass is 32.2. The molecular weight excluding hydrogens is 358 g/mol. The SMILES string of the molecule is Nc1ccccc1Sc1cn(Cc2cncnc2)c2cc(NC=O)ccc12. The van der Waals surface area contributed by atoms with E-state index in [4.69, 9.17) is 5.73 Å².